The third-order valence-electron chi connectivity index (χ3n) is 4.25. The van der Waals surface area contributed by atoms with Gasteiger partial charge in [0, 0.05) is 0 Å². The normalized spacial score (nSPS) is 10.8. The molecule has 134 valence electrons. The number of hydrogen-bond acceptors (Lipinski definition) is 3. The van der Waals surface area contributed by atoms with Gasteiger partial charge in [-0.25, -0.2) is 4.68 Å². The molecule has 0 unspecified atom stereocenters. The Kier molecular flexibility index (Phi) is 4.87. The zero-order valence-electron chi connectivity index (χ0n) is 15.0. The molecule has 0 bridgehead atoms. The van der Waals surface area contributed by atoms with Crippen molar-refractivity contribution in [3.05, 3.63) is 96.8 Å². The van der Waals surface area contributed by atoms with E-state index in [0.717, 1.165) is 11.4 Å². The minimum absolute atomic E-state index is 0.614. The minimum atomic E-state index is 0.614. The average Bonchev–Trinajstić information content (AvgIpc) is 3.31. The standard InChI is InChI=1S/C21H21N6/c1-2-13-27-21(17-26(24-27)15-19-11-7-4-8-12-19)20-16-25(23-22-20)14-18-9-5-3-6-10-18/h2-12,16-17H,1,13-15H2/q+1. The average molecular weight is 357 g/mol. The summed E-state index contributed by atoms with van der Waals surface area (Å²) in [6.45, 7) is 5.84. The summed E-state index contributed by atoms with van der Waals surface area (Å²) in [6.07, 6.45) is 5.79. The van der Waals surface area contributed by atoms with Crippen LogP contribution in [0.2, 0.25) is 0 Å². The summed E-state index contributed by atoms with van der Waals surface area (Å²) in [4.78, 5) is 0. The molecule has 4 aromatic rings. The van der Waals surface area contributed by atoms with Crippen LogP contribution in [0.5, 0.6) is 0 Å². The predicted octanol–water partition coefficient (Wildman–Crippen LogP) is 2.71. The Bertz CT molecular complexity index is 1020. The van der Waals surface area contributed by atoms with Crippen molar-refractivity contribution in [2.45, 2.75) is 19.6 Å². The lowest BCUT2D eigenvalue weighted by atomic mass is 10.2. The lowest BCUT2D eigenvalue weighted by Crippen LogP contribution is -2.36. The molecule has 0 fully saturated rings. The van der Waals surface area contributed by atoms with Crippen LogP contribution >= 0.6 is 0 Å². The van der Waals surface area contributed by atoms with E-state index in [1.165, 1.54) is 11.1 Å². The van der Waals surface area contributed by atoms with Gasteiger partial charge in [-0.05, 0) is 17.2 Å². The lowest BCUT2D eigenvalue weighted by Gasteiger charge is -1.99. The molecule has 0 amide bonds. The fourth-order valence-electron chi connectivity index (χ4n) is 2.99. The topological polar surface area (TPSA) is 52.4 Å². The van der Waals surface area contributed by atoms with Gasteiger partial charge in [0.15, 0.2) is 11.9 Å². The van der Waals surface area contributed by atoms with Crippen LogP contribution in [-0.2, 0) is 19.6 Å². The Morgan fingerprint density at radius 3 is 2.37 bits per heavy atom. The van der Waals surface area contributed by atoms with Crippen molar-refractivity contribution in [3.63, 3.8) is 0 Å². The summed E-state index contributed by atoms with van der Waals surface area (Å²) < 4.78 is 5.66. The van der Waals surface area contributed by atoms with Crippen LogP contribution in [0.15, 0.2) is 85.7 Å². The maximum absolute atomic E-state index is 4.65. The first-order valence-electron chi connectivity index (χ1n) is 8.88. The van der Waals surface area contributed by atoms with E-state index in [2.05, 4.69) is 46.4 Å². The summed E-state index contributed by atoms with van der Waals surface area (Å²) in [6, 6.07) is 20.5. The highest BCUT2D eigenvalue weighted by molar-refractivity contribution is 5.50. The van der Waals surface area contributed by atoms with Crippen molar-refractivity contribution in [1.82, 2.24) is 24.9 Å². The first-order valence-corrected chi connectivity index (χ1v) is 8.88. The van der Waals surface area contributed by atoms with Gasteiger partial charge in [-0.1, -0.05) is 72.5 Å². The Morgan fingerprint density at radius 2 is 1.67 bits per heavy atom. The van der Waals surface area contributed by atoms with Gasteiger partial charge in [-0.3, -0.25) is 0 Å². The highest BCUT2D eigenvalue weighted by Gasteiger charge is 2.20. The number of rotatable bonds is 7. The van der Waals surface area contributed by atoms with E-state index in [9.17, 15) is 0 Å². The van der Waals surface area contributed by atoms with Crippen LogP contribution < -0.4 is 4.68 Å². The SMILES string of the molecule is C=CCn1n[n+](Cc2ccccc2)cc1-c1cn(Cc2ccccc2)nn1. The quantitative estimate of drug-likeness (QED) is 0.377. The molecule has 0 radical (unpaired) electrons. The molecule has 2 aromatic heterocycles. The molecule has 0 spiro atoms. The molecular formula is C21H21N6+. The predicted molar refractivity (Wildman–Crippen MR) is 103 cm³/mol. The van der Waals surface area contributed by atoms with Crippen molar-refractivity contribution in [2.24, 2.45) is 0 Å². The van der Waals surface area contributed by atoms with Crippen LogP contribution in [0, 0.1) is 0 Å². The highest BCUT2D eigenvalue weighted by atomic mass is 15.5. The number of allylic oxidation sites excluding steroid dienone is 1. The molecule has 0 aliphatic heterocycles. The monoisotopic (exact) mass is 357 g/mol. The Morgan fingerprint density at radius 1 is 0.963 bits per heavy atom. The summed E-state index contributed by atoms with van der Waals surface area (Å²) in [5.74, 6) is 0. The number of aromatic nitrogens is 6. The Labute approximate surface area is 158 Å². The smallest absolute Gasteiger partial charge is 0.220 e. The molecule has 0 saturated heterocycles. The van der Waals surface area contributed by atoms with Gasteiger partial charge in [0.05, 0.1) is 18.0 Å². The number of nitrogens with zero attached hydrogens (tertiary/aromatic N) is 6. The molecule has 0 atom stereocenters. The first kappa shape index (κ1) is 16.9. The fourth-order valence-corrected chi connectivity index (χ4v) is 2.99. The number of hydrogen-bond donors (Lipinski definition) is 0. The molecule has 2 aromatic carbocycles. The first-order chi connectivity index (χ1) is 13.3. The van der Waals surface area contributed by atoms with Gasteiger partial charge >= 0.3 is 0 Å². The largest absolute Gasteiger partial charge is 0.247 e. The molecule has 0 aliphatic carbocycles. The second-order valence-electron chi connectivity index (χ2n) is 6.34. The van der Waals surface area contributed by atoms with Crippen LogP contribution in [0.1, 0.15) is 11.1 Å². The van der Waals surface area contributed by atoms with E-state index in [4.69, 9.17) is 0 Å². The molecule has 27 heavy (non-hydrogen) atoms. The van der Waals surface area contributed by atoms with Crippen molar-refractivity contribution in [1.29, 1.82) is 0 Å². The summed E-state index contributed by atoms with van der Waals surface area (Å²) in [5.41, 5.74) is 4.11. The van der Waals surface area contributed by atoms with Crippen molar-refractivity contribution >= 4 is 0 Å². The number of benzene rings is 2. The Balaban J connectivity index is 1.59. The zero-order valence-corrected chi connectivity index (χ0v) is 15.0. The van der Waals surface area contributed by atoms with Crippen LogP contribution in [0.3, 0.4) is 0 Å². The molecule has 0 aliphatic rings. The van der Waals surface area contributed by atoms with Crippen molar-refractivity contribution < 1.29 is 4.68 Å². The van der Waals surface area contributed by atoms with Gasteiger partial charge in [-0.2, -0.15) is 0 Å². The second-order valence-corrected chi connectivity index (χ2v) is 6.34. The fraction of sp³-hybridized carbons (Fsp3) is 0.143. The lowest BCUT2D eigenvalue weighted by molar-refractivity contribution is -0.747. The van der Waals surface area contributed by atoms with E-state index in [-0.39, 0.29) is 0 Å². The molecule has 0 N–H and O–H groups in total. The maximum Gasteiger partial charge on any atom is 0.220 e. The molecule has 6 heteroatoms. The molecule has 0 saturated carbocycles. The highest BCUT2D eigenvalue weighted by Crippen LogP contribution is 2.15. The van der Waals surface area contributed by atoms with Gasteiger partial charge in [-0.15, -0.1) is 14.5 Å². The maximum atomic E-state index is 4.65. The molecule has 6 nitrogen and oxygen atoms in total. The van der Waals surface area contributed by atoms with Gasteiger partial charge in [0.25, 0.3) is 0 Å². The second kappa shape index (κ2) is 7.78. The van der Waals surface area contributed by atoms with Gasteiger partial charge < -0.3 is 0 Å². The summed E-state index contributed by atoms with van der Waals surface area (Å²) >= 11 is 0. The van der Waals surface area contributed by atoms with Crippen LogP contribution in [0.4, 0.5) is 0 Å². The van der Waals surface area contributed by atoms with Crippen molar-refractivity contribution in [3.8, 4) is 11.4 Å². The summed E-state index contributed by atoms with van der Waals surface area (Å²) in [5, 5.41) is 13.3. The molecule has 4 rings (SSSR count). The molecule has 2 heterocycles. The van der Waals surface area contributed by atoms with E-state index < -0.39 is 0 Å². The third-order valence-corrected chi connectivity index (χ3v) is 4.25. The minimum Gasteiger partial charge on any atom is -0.247 e. The van der Waals surface area contributed by atoms with E-state index >= 15 is 0 Å². The van der Waals surface area contributed by atoms with E-state index in [0.29, 0.717) is 19.6 Å². The van der Waals surface area contributed by atoms with Gasteiger partial charge in [0.2, 0.25) is 5.69 Å². The third kappa shape index (κ3) is 4.00. The van der Waals surface area contributed by atoms with Gasteiger partial charge in [0.1, 0.15) is 13.1 Å². The van der Waals surface area contributed by atoms with Crippen LogP contribution in [0.25, 0.3) is 11.4 Å². The van der Waals surface area contributed by atoms with Crippen LogP contribution in [-0.4, -0.2) is 24.9 Å². The Hall–Kier alpha value is -3.54. The summed E-state index contributed by atoms with van der Waals surface area (Å²) in [7, 11) is 0. The molecular weight excluding hydrogens is 336 g/mol. The zero-order chi connectivity index (χ0) is 18.5. The van der Waals surface area contributed by atoms with E-state index in [1.807, 2.05) is 68.9 Å². The van der Waals surface area contributed by atoms with Crippen molar-refractivity contribution in [2.75, 3.05) is 0 Å². The van der Waals surface area contributed by atoms with E-state index in [1.54, 1.807) is 0 Å².